The Morgan fingerprint density at radius 2 is 1.91 bits per heavy atom. The molecule has 0 saturated carbocycles. The molecule has 0 saturated heterocycles. The van der Waals surface area contributed by atoms with Crippen molar-refractivity contribution in [2.45, 2.75) is 26.3 Å². The molecule has 2 rings (SSSR count). The van der Waals surface area contributed by atoms with E-state index < -0.39 is 0 Å². The summed E-state index contributed by atoms with van der Waals surface area (Å²) in [6, 6.07) is 12.6. The van der Waals surface area contributed by atoms with Gasteiger partial charge in [0.05, 0.1) is 0 Å². The van der Waals surface area contributed by atoms with E-state index in [0.717, 1.165) is 12.1 Å². The van der Waals surface area contributed by atoms with Crippen LogP contribution in [0.4, 0.5) is 5.69 Å². The van der Waals surface area contributed by atoms with Gasteiger partial charge in [0.15, 0.2) is 0 Å². The number of rotatable bonds is 5. The van der Waals surface area contributed by atoms with Gasteiger partial charge in [0.2, 0.25) is 0 Å². The molecule has 5 nitrogen and oxygen atoms in total. The Bertz CT molecular complexity index is 686. The van der Waals surface area contributed by atoms with Crippen molar-refractivity contribution in [1.82, 2.24) is 10.3 Å². The number of aromatic nitrogens is 1. The molecular weight excluding hydrogens is 290 g/mol. The summed E-state index contributed by atoms with van der Waals surface area (Å²) in [5.74, 6) is -0.451. The first-order valence-corrected chi connectivity index (χ1v) is 7.63. The third-order valence-electron chi connectivity index (χ3n) is 3.68. The number of pyridine rings is 1. The lowest BCUT2D eigenvalue weighted by atomic mass is 10.1. The molecule has 0 fully saturated rings. The second kappa shape index (κ2) is 7.54. The lowest BCUT2D eigenvalue weighted by molar-refractivity contribution is 0.0934. The molecule has 0 aliphatic rings. The van der Waals surface area contributed by atoms with Gasteiger partial charge in [-0.15, -0.1) is 0 Å². The van der Waals surface area contributed by atoms with Crippen molar-refractivity contribution in [2.75, 3.05) is 11.9 Å². The summed E-state index contributed by atoms with van der Waals surface area (Å²) in [6.07, 6.45) is 2.32. The predicted molar refractivity (Wildman–Crippen MR) is 90.6 cm³/mol. The minimum atomic E-state index is -0.267. The molecule has 1 aromatic heterocycles. The zero-order valence-electron chi connectivity index (χ0n) is 13.6. The van der Waals surface area contributed by atoms with Crippen LogP contribution in [0.1, 0.15) is 41.1 Å². The number of carbonyl (C=O) groups is 2. The Balaban J connectivity index is 2.19. The van der Waals surface area contributed by atoms with Crippen molar-refractivity contribution >= 4 is 17.5 Å². The van der Waals surface area contributed by atoms with E-state index in [9.17, 15) is 9.59 Å². The molecule has 120 valence electrons. The fourth-order valence-electron chi connectivity index (χ4n) is 2.05. The summed E-state index contributed by atoms with van der Waals surface area (Å²) in [5, 5.41) is 2.85. The molecule has 1 atom stereocenters. The monoisotopic (exact) mass is 311 g/mol. The van der Waals surface area contributed by atoms with Crippen molar-refractivity contribution in [1.29, 1.82) is 0 Å². The number of amides is 2. The van der Waals surface area contributed by atoms with Crippen LogP contribution in [0, 0.1) is 0 Å². The van der Waals surface area contributed by atoms with E-state index >= 15 is 0 Å². The fraction of sp³-hybridized carbons (Fsp3) is 0.278. The zero-order chi connectivity index (χ0) is 16.8. The molecule has 23 heavy (non-hydrogen) atoms. The molecule has 0 bridgehead atoms. The van der Waals surface area contributed by atoms with Crippen LogP contribution in [-0.2, 0) is 0 Å². The summed E-state index contributed by atoms with van der Waals surface area (Å²) >= 11 is 0. The van der Waals surface area contributed by atoms with Gasteiger partial charge >= 0.3 is 0 Å². The molecule has 5 heteroatoms. The molecule has 2 amide bonds. The summed E-state index contributed by atoms with van der Waals surface area (Å²) < 4.78 is 0. The Hall–Kier alpha value is -2.69. The van der Waals surface area contributed by atoms with Crippen LogP contribution in [0.3, 0.4) is 0 Å². The van der Waals surface area contributed by atoms with E-state index in [1.807, 2.05) is 44.2 Å². The molecule has 0 spiro atoms. The Kier molecular flexibility index (Phi) is 5.46. The van der Waals surface area contributed by atoms with Gasteiger partial charge in [-0.25, -0.2) is 0 Å². The van der Waals surface area contributed by atoms with Crippen molar-refractivity contribution in [3.8, 4) is 0 Å². The summed E-state index contributed by atoms with van der Waals surface area (Å²) in [5.41, 5.74) is 1.47. The second-order valence-corrected chi connectivity index (χ2v) is 5.41. The average Bonchev–Trinajstić information content (AvgIpc) is 2.61. The third-order valence-corrected chi connectivity index (χ3v) is 3.68. The zero-order valence-corrected chi connectivity index (χ0v) is 13.6. The number of benzene rings is 1. The lowest BCUT2D eigenvalue weighted by Crippen LogP contribution is -2.33. The number of hydrogen-bond acceptors (Lipinski definition) is 3. The van der Waals surface area contributed by atoms with E-state index in [0.29, 0.717) is 5.56 Å². The van der Waals surface area contributed by atoms with E-state index in [2.05, 4.69) is 10.3 Å². The van der Waals surface area contributed by atoms with Gasteiger partial charge in [0.25, 0.3) is 11.8 Å². The number of hydrogen-bond donors (Lipinski definition) is 1. The SMILES string of the molecule is CCC(C)NC(=O)c1cc(C(=O)N(C)c2ccccc2)ccn1. The highest BCUT2D eigenvalue weighted by molar-refractivity contribution is 6.06. The summed E-state index contributed by atoms with van der Waals surface area (Å²) in [4.78, 5) is 30.3. The second-order valence-electron chi connectivity index (χ2n) is 5.41. The van der Waals surface area contributed by atoms with Gasteiger partial charge in [-0.1, -0.05) is 25.1 Å². The first-order valence-electron chi connectivity index (χ1n) is 7.63. The van der Waals surface area contributed by atoms with Crippen LogP contribution in [0.15, 0.2) is 48.7 Å². The van der Waals surface area contributed by atoms with Crippen LogP contribution in [0.2, 0.25) is 0 Å². The minimum absolute atomic E-state index is 0.0654. The third kappa shape index (κ3) is 4.16. The van der Waals surface area contributed by atoms with Crippen LogP contribution in [0.25, 0.3) is 0 Å². The topological polar surface area (TPSA) is 62.3 Å². The molecule has 0 aliphatic heterocycles. The van der Waals surface area contributed by atoms with E-state index in [1.165, 1.54) is 12.3 Å². The molecule has 1 aromatic carbocycles. The number of anilines is 1. The van der Waals surface area contributed by atoms with Gasteiger partial charge in [-0.3, -0.25) is 14.6 Å². The Morgan fingerprint density at radius 3 is 2.57 bits per heavy atom. The normalized spacial score (nSPS) is 11.6. The number of carbonyl (C=O) groups excluding carboxylic acids is 2. The molecular formula is C18H21N3O2. The summed E-state index contributed by atoms with van der Waals surface area (Å²) in [6.45, 7) is 3.92. The standard InChI is InChI=1S/C18H21N3O2/c1-4-13(2)20-17(22)16-12-14(10-11-19-16)18(23)21(3)15-8-6-5-7-9-15/h5-13H,4H2,1-3H3,(H,20,22). The fourth-order valence-corrected chi connectivity index (χ4v) is 2.05. The van der Waals surface area contributed by atoms with Gasteiger partial charge in [-0.2, -0.15) is 0 Å². The van der Waals surface area contributed by atoms with Crippen molar-refractivity contribution in [3.63, 3.8) is 0 Å². The van der Waals surface area contributed by atoms with E-state index in [1.54, 1.807) is 18.0 Å². The molecule has 1 unspecified atom stereocenters. The van der Waals surface area contributed by atoms with Crippen LogP contribution in [0.5, 0.6) is 0 Å². The molecule has 1 heterocycles. The van der Waals surface area contributed by atoms with Crippen molar-refractivity contribution < 1.29 is 9.59 Å². The first kappa shape index (κ1) is 16.7. The highest BCUT2D eigenvalue weighted by Gasteiger charge is 2.16. The maximum Gasteiger partial charge on any atom is 0.270 e. The maximum absolute atomic E-state index is 12.6. The van der Waals surface area contributed by atoms with Gasteiger partial charge in [0.1, 0.15) is 5.69 Å². The first-order chi connectivity index (χ1) is 11.0. The van der Waals surface area contributed by atoms with Gasteiger partial charge in [-0.05, 0) is 37.6 Å². The molecule has 2 aromatic rings. The van der Waals surface area contributed by atoms with E-state index in [-0.39, 0.29) is 23.6 Å². The predicted octanol–water partition coefficient (Wildman–Crippen LogP) is 2.89. The molecule has 0 radical (unpaired) electrons. The van der Waals surface area contributed by atoms with Gasteiger partial charge < -0.3 is 10.2 Å². The van der Waals surface area contributed by atoms with Crippen molar-refractivity contribution in [2.24, 2.45) is 0 Å². The quantitative estimate of drug-likeness (QED) is 0.923. The number of para-hydroxylation sites is 1. The van der Waals surface area contributed by atoms with Crippen LogP contribution >= 0.6 is 0 Å². The van der Waals surface area contributed by atoms with Gasteiger partial charge in [0, 0.05) is 30.5 Å². The summed E-state index contributed by atoms with van der Waals surface area (Å²) in [7, 11) is 1.71. The largest absolute Gasteiger partial charge is 0.348 e. The van der Waals surface area contributed by atoms with Crippen LogP contribution < -0.4 is 10.2 Å². The molecule has 0 aliphatic carbocycles. The highest BCUT2D eigenvalue weighted by Crippen LogP contribution is 2.15. The lowest BCUT2D eigenvalue weighted by Gasteiger charge is -2.17. The Labute approximate surface area is 136 Å². The highest BCUT2D eigenvalue weighted by atomic mass is 16.2. The maximum atomic E-state index is 12.6. The molecule has 1 N–H and O–H groups in total. The van der Waals surface area contributed by atoms with E-state index in [4.69, 9.17) is 0 Å². The average molecular weight is 311 g/mol. The smallest absolute Gasteiger partial charge is 0.270 e. The van der Waals surface area contributed by atoms with Crippen molar-refractivity contribution in [3.05, 3.63) is 59.9 Å². The Morgan fingerprint density at radius 1 is 1.22 bits per heavy atom. The number of nitrogens with zero attached hydrogens (tertiary/aromatic N) is 2. The number of nitrogens with one attached hydrogen (secondary N) is 1. The minimum Gasteiger partial charge on any atom is -0.348 e. The van der Waals surface area contributed by atoms with Crippen LogP contribution in [-0.4, -0.2) is 29.9 Å².